The van der Waals surface area contributed by atoms with Crippen molar-refractivity contribution in [2.24, 2.45) is 4.99 Å². The maximum atomic E-state index is 13.5. The minimum atomic E-state index is -0.640. The summed E-state index contributed by atoms with van der Waals surface area (Å²) in [4.78, 5) is 79.5. The van der Waals surface area contributed by atoms with Crippen LogP contribution in [-0.2, 0) is 20.9 Å². The molecule has 1 aliphatic carbocycles. The van der Waals surface area contributed by atoms with Crippen LogP contribution in [0.4, 0.5) is 5.69 Å². The van der Waals surface area contributed by atoms with E-state index in [1.54, 1.807) is 29.0 Å². The van der Waals surface area contributed by atoms with Gasteiger partial charge in [-0.15, -0.1) is 0 Å². The highest BCUT2D eigenvalue weighted by atomic mass is 16.5. The van der Waals surface area contributed by atoms with Gasteiger partial charge in [-0.25, -0.2) is 4.99 Å². The number of nitrogens with zero attached hydrogens (tertiary/aromatic N) is 6. The van der Waals surface area contributed by atoms with Gasteiger partial charge in [0.15, 0.2) is 0 Å². The summed E-state index contributed by atoms with van der Waals surface area (Å²) in [5.74, 6) is 6.76. The van der Waals surface area contributed by atoms with Crippen LogP contribution in [0.2, 0.25) is 0 Å². The molecule has 5 aliphatic heterocycles. The van der Waals surface area contributed by atoms with E-state index in [0.717, 1.165) is 94.5 Å². The quantitative estimate of drug-likeness (QED) is 0.124. The van der Waals surface area contributed by atoms with E-state index >= 15 is 0 Å². The lowest BCUT2D eigenvalue weighted by Gasteiger charge is -2.48. The number of benzene rings is 2. The van der Waals surface area contributed by atoms with Gasteiger partial charge in [0.25, 0.3) is 11.8 Å². The smallest absolute Gasteiger partial charge is 0.255 e. The number of likely N-dealkylation sites (tertiary alicyclic amines) is 1. The average molecular weight is 889 g/mol. The molecule has 0 bridgehead atoms. The Bertz CT molecular complexity index is 2270. The Hall–Kier alpha value is -5.76. The van der Waals surface area contributed by atoms with Crippen molar-refractivity contribution >= 4 is 41.2 Å². The summed E-state index contributed by atoms with van der Waals surface area (Å²) in [6.07, 6.45) is 12.0. The first-order chi connectivity index (χ1) is 31.5. The predicted molar refractivity (Wildman–Crippen MR) is 248 cm³/mol. The summed E-state index contributed by atoms with van der Waals surface area (Å²) < 4.78 is 5.75. The monoisotopic (exact) mass is 889 g/mol. The fourth-order valence-corrected chi connectivity index (χ4v) is 10.3. The van der Waals surface area contributed by atoms with Crippen molar-refractivity contribution in [1.29, 1.82) is 0 Å². The maximum absolute atomic E-state index is 13.5. The number of unbranched alkanes of at least 4 members (excludes halogenated alkanes) is 1. The third-order valence-corrected chi connectivity index (χ3v) is 14.0. The first kappa shape index (κ1) is 45.8. The van der Waals surface area contributed by atoms with E-state index in [9.17, 15) is 24.0 Å². The first-order valence-electron chi connectivity index (χ1n) is 23.5. The molecule has 4 N–H and O–H groups in total. The van der Waals surface area contributed by atoms with Gasteiger partial charge in [-0.05, 0) is 107 Å². The van der Waals surface area contributed by atoms with E-state index in [1.807, 2.05) is 37.5 Å². The van der Waals surface area contributed by atoms with Gasteiger partial charge in [-0.2, -0.15) is 0 Å². The number of likely N-dealkylation sites (N-methyl/N-ethyl adjacent to an activating group) is 1. The number of piperazine rings is 1. The number of ether oxygens (including phenoxy) is 1. The van der Waals surface area contributed by atoms with Gasteiger partial charge in [0.2, 0.25) is 23.7 Å². The number of carbonyl (C=O) groups excluding carboxylic acids is 5. The summed E-state index contributed by atoms with van der Waals surface area (Å²) in [6.45, 7) is 7.11. The van der Waals surface area contributed by atoms with Crippen LogP contribution in [0.1, 0.15) is 116 Å². The second-order valence-electron chi connectivity index (χ2n) is 18.2. The van der Waals surface area contributed by atoms with Crippen LogP contribution in [-0.4, -0.2) is 144 Å². The fraction of sp³-hybridized carbons (Fsp3) is 0.551. The number of anilines is 1. The van der Waals surface area contributed by atoms with E-state index < -0.39 is 11.9 Å². The summed E-state index contributed by atoms with van der Waals surface area (Å²) in [5.41, 5.74) is 4.31. The molecule has 65 heavy (non-hydrogen) atoms. The van der Waals surface area contributed by atoms with Crippen molar-refractivity contribution in [3.8, 4) is 17.6 Å². The number of carbonyl (C=O) groups is 5. The molecule has 0 radical (unpaired) electrons. The number of guanidine groups is 1. The number of nitrogens with one attached hydrogen (secondary N) is 4. The lowest BCUT2D eigenvalue weighted by atomic mass is 10.00. The standard InChI is InChI=1S/C49H64N10O6/c1-5-39-48(64)56(3)41-30-50-49(54-44(41)59(39)35-15-6-7-16-35)52-38-19-18-33(29-42(38)65-4)45(61)51-34-22-27-57(28-23-34)26-11-10-25-55(2)24-9-8-13-32-14-12-17-36-37(32)31-58(47(36)63)40-20-21-43(60)53-46(40)62/h12,14,17-19,29-30,34-35,39-40,44H,5-7,9-11,15-16,20-28,31H2,1-4H3,(H,51,61)(H2,50,52,54)(H,53,60,62)/t39-,40?,44?/m1/s1. The van der Waals surface area contributed by atoms with Crippen LogP contribution >= 0.6 is 0 Å². The van der Waals surface area contributed by atoms with Crippen LogP contribution in [0.15, 0.2) is 53.3 Å². The number of hydrogen-bond donors (Lipinski definition) is 4. The van der Waals surface area contributed by atoms with Crippen molar-refractivity contribution in [2.75, 3.05) is 59.2 Å². The third-order valence-electron chi connectivity index (χ3n) is 14.0. The molecule has 5 heterocycles. The predicted octanol–water partition coefficient (Wildman–Crippen LogP) is 3.84. The van der Waals surface area contributed by atoms with Gasteiger partial charge in [-0.1, -0.05) is 37.7 Å². The van der Waals surface area contributed by atoms with Crippen molar-refractivity contribution in [1.82, 2.24) is 40.4 Å². The van der Waals surface area contributed by atoms with Gasteiger partial charge in [-0.3, -0.25) is 34.2 Å². The molecule has 2 aromatic rings. The summed E-state index contributed by atoms with van der Waals surface area (Å²) >= 11 is 0. The topological polar surface area (TPSA) is 171 Å². The van der Waals surface area contributed by atoms with Gasteiger partial charge >= 0.3 is 0 Å². The van der Waals surface area contributed by atoms with E-state index in [2.05, 4.69) is 61.8 Å². The molecule has 3 atom stereocenters. The molecule has 16 heteroatoms. The van der Waals surface area contributed by atoms with Crippen molar-refractivity contribution in [3.05, 3.63) is 70.5 Å². The molecule has 346 valence electrons. The van der Waals surface area contributed by atoms with E-state index in [4.69, 9.17) is 9.73 Å². The Morgan fingerprint density at radius 3 is 2.57 bits per heavy atom. The second-order valence-corrected chi connectivity index (χ2v) is 18.2. The fourth-order valence-electron chi connectivity index (χ4n) is 10.3. The van der Waals surface area contributed by atoms with Crippen LogP contribution in [0, 0.1) is 11.8 Å². The first-order valence-corrected chi connectivity index (χ1v) is 23.5. The molecule has 5 amide bonds. The van der Waals surface area contributed by atoms with Gasteiger partial charge in [0.1, 0.15) is 18.0 Å². The zero-order valence-electron chi connectivity index (χ0n) is 38.3. The zero-order chi connectivity index (χ0) is 45.6. The number of fused-ring (bicyclic) bond motifs is 2. The lowest BCUT2D eigenvalue weighted by Crippen LogP contribution is -2.63. The summed E-state index contributed by atoms with van der Waals surface area (Å²) in [5, 5.41) is 12.2. The molecule has 16 nitrogen and oxygen atoms in total. The van der Waals surface area contributed by atoms with Gasteiger partial charge in [0.05, 0.1) is 24.5 Å². The maximum Gasteiger partial charge on any atom is 0.255 e. The van der Waals surface area contributed by atoms with Crippen LogP contribution in [0.3, 0.4) is 0 Å². The highest BCUT2D eigenvalue weighted by Gasteiger charge is 2.46. The Morgan fingerprint density at radius 1 is 1.02 bits per heavy atom. The van der Waals surface area contributed by atoms with E-state index in [-0.39, 0.29) is 48.3 Å². The largest absolute Gasteiger partial charge is 0.495 e. The highest BCUT2D eigenvalue weighted by molar-refractivity contribution is 6.05. The SMILES string of the molecule is CC[C@@H]1C(=O)N(C)C2=CNC(Nc3ccc(C(=O)NC4CCN(CCCCN(C)CCC#Cc5cccc6c5CN(C5CCC(=O)NC5=O)C6=O)CC4)cc3OC)=NC2N1C1CCCC1. The van der Waals surface area contributed by atoms with E-state index in [0.29, 0.717) is 54.0 Å². The summed E-state index contributed by atoms with van der Waals surface area (Å²) in [7, 11) is 5.55. The molecule has 2 aromatic carbocycles. The van der Waals surface area contributed by atoms with Crippen LogP contribution < -0.4 is 26.0 Å². The molecule has 0 spiro atoms. The molecule has 2 unspecified atom stereocenters. The minimum Gasteiger partial charge on any atom is -0.495 e. The molecule has 8 rings (SSSR count). The van der Waals surface area contributed by atoms with Gasteiger partial charge in [0, 0.05) is 81.0 Å². The number of rotatable bonds is 14. The Morgan fingerprint density at radius 2 is 1.82 bits per heavy atom. The number of piperidine rings is 2. The Labute approximate surface area is 382 Å². The zero-order valence-corrected chi connectivity index (χ0v) is 38.3. The number of imide groups is 1. The number of amides is 5. The molecule has 4 fully saturated rings. The minimum absolute atomic E-state index is 0.105. The number of hydrogen-bond acceptors (Lipinski definition) is 12. The number of methoxy groups -OCH3 is 1. The van der Waals surface area contributed by atoms with Gasteiger partial charge < -0.3 is 40.3 Å². The lowest BCUT2D eigenvalue weighted by molar-refractivity contribution is -0.141. The Kier molecular flexibility index (Phi) is 14.5. The molecular formula is C49H64N10O6. The van der Waals surface area contributed by atoms with E-state index in [1.165, 1.54) is 12.8 Å². The van der Waals surface area contributed by atoms with Crippen molar-refractivity contribution < 1.29 is 28.7 Å². The average Bonchev–Trinajstić information content (AvgIpc) is 3.97. The van der Waals surface area contributed by atoms with Crippen molar-refractivity contribution in [2.45, 2.75) is 121 Å². The molecular weight excluding hydrogens is 825 g/mol. The summed E-state index contributed by atoms with van der Waals surface area (Å²) in [6, 6.07) is 10.6. The number of aliphatic imine (C=N–C) groups is 1. The molecule has 0 aromatic heterocycles. The normalized spacial score (nSPS) is 23.0. The molecule has 6 aliphatic rings. The molecule has 1 saturated carbocycles. The molecule has 3 saturated heterocycles. The van der Waals surface area contributed by atoms with Crippen molar-refractivity contribution in [3.63, 3.8) is 0 Å². The highest BCUT2D eigenvalue weighted by Crippen LogP contribution is 2.37. The van der Waals surface area contributed by atoms with Crippen LogP contribution in [0.5, 0.6) is 5.75 Å². The third kappa shape index (κ3) is 10.2. The van der Waals surface area contributed by atoms with Crippen LogP contribution in [0.25, 0.3) is 0 Å². The second kappa shape index (κ2) is 20.6. The Balaban J connectivity index is 0.745.